The predicted octanol–water partition coefficient (Wildman–Crippen LogP) is 2.60. The topological polar surface area (TPSA) is 35.5 Å². The van der Waals surface area contributed by atoms with Crippen LogP contribution in [-0.4, -0.2) is 41.7 Å². The van der Waals surface area contributed by atoms with Gasteiger partial charge >= 0.3 is 0 Å². The Bertz CT molecular complexity index is 366. The number of benzene rings is 1. The maximum absolute atomic E-state index is 10.5. The Balaban J connectivity index is 2.40. The molecule has 0 fully saturated rings. The Morgan fingerprint density at radius 1 is 1.10 bits per heavy atom. The fourth-order valence-corrected chi connectivity index (χ4v) is 2.55. The normalized spacial score (nSPS) is 15.1. The van der Waals surface area contributed by atoms with Crippen LogP contribution in [0.2, 0.25) is 0 Å². The maximum atomic E-state index is 10.5. The van der Waals surface area contributed by atoms with Crippen molar-refractivity contribution in [3.63, 3.8) is 0 Å². The molecule has 0 radical (unpaired) electrons. The number of rotatable bonds is 8. The molecule has 0 saturated carbocycles. The van der Waals surface area contributed by atoms with Gasteiger partial charge in [0.1, 0.15) is 0 Å². The molecule has 1 aromatic carbocycles. The summed E-state index contributed by atoms with van der Waals surface area (Å²) in [7, 11) is 0. The van der Waals surface area contributed by atoms with Crippen molar-refractivity contribution in [3.05, 3.63) is 35.9 Å². The Hall–Kier alpha value is -0.900. The van der Waals surface area contributed by atoms with Gasteiger partial charge in [-0.15, -0.1) is 0 Å². The van der Waals surface area contributed by atoms with E-state index in [2.05, 4.69) is 37.9 Å². The lowest BCUT2D eigenvalue weighted by atomic mass is 9.96. The highest BCUT2D eigenvalue weighted by Crippen LogP contribution is 2.18. The molecule has 114 valence electrons. The van der Waals surface area contributed by atoms with Gasteiger partial charge in [0.2, 0.25) is 0 Å². The van der Waals surface area contributed by atoms with E-state index in [9.17, 15) is 5.11 Å². The van der Waals surface area contributed by atoms with Gasteiger partial charge in [-0.05, 0) is 40.2 Å². The number of nitrogens with one attached hydrogen (secondary N) is 1. The zero-order valence-electron chi connectivity index (χ0n) is 13.6. The molecule has 0 saturated heterocycles. The highest BCUT2D eigenvalue weighted by Gasteiger charge is 2.22. The van der Waals surface area contributed by atoms with Gasteiger partial charge in [-0.25, -0.2) is 0 Å². The third-order valence-corrected chi connectivity index (χ3v) is 3.74. The second-order valence-electron chi connectivity index (χ2n) is 6.24. The molecule has 3 nitrogen and oxygen atoms in total. The van der Waals surface area contributed by atoms with E-state index in [0.717, 1.165) is 18.7 Å². The van der Waals surface area contributed by atoms with Gasteiger partial charge in [0.15, 0.2) is 0 Å². The van der Waals surface area contributed by atoms with E-state index >= 15 is 0 Å². The molecule has 0 heterocycles. The van der Waals surface area contributed by atoms with Crippen molar-refractivity contribution in [3.8, 4) is 0 Å². The third-order valence-electron chi connectivity index (χ3n) is 3.74. The van der Waals surface area contributed by atoms with Gasteiger partial charge in [-0.1, -0.05) is 30.3 Å². The van der Waals surface area contributed by atoms with Gasteiger partial charge in [-0.2, -0.15) is 0 Å². The molecule has 0 aliphatic carbocycles. The predicted molar refractivity (Wildman–Crippen MR) is 85.9 cm³/mol. The first-order valence-electron chi connectivity index (χ1n) is 7.59. The summed E-state index contributed by atoms with van der Waals surface area (Å²) in [5, 5.41) is 13.9. The summed E-state index contributed by atoms with van der Waals surface area (Å²) >= 11 is 0. The molecule has 1 aromatic rings. The smallest absolute Gasteiger partial charge is 0.0992 e. The van der Waals surface area contributed by atoms with E-state index in [1.165, 1.54) is 0 Å². The summed E-state index contributed by atoms with van der Waals surface area (Å²) in [6.45, 7) is 13.2. The molecule has 0 spiro atoms. The minimum Gasteiger partial charge on any atom is -0.384 e. The number of hydrogen-bond donors (Lipinski definition) is 2. The van der Waals surface area contributed by atoms with Crippen LogP contribution in [0.3, 0.4) is 0 Å². The van der Waals surface area contributed by atoms with Gasteiger partial charge in [0, 0.05) is 31.7 Å². The fourth-order valence-electron chi connectivity index (χ4n) is 2.55. The van der Waals surface area contributed by atoms with Crippen LogP contribution >= 0.6 is 0 Å². The molecule has 0 amide bonds. The van der Waals surface area contributed by atoms with Crippen LogP contribution < -0.4 is 5.32 Å². The zero-order chi connectivity index (χ0) is 15.2. The number of aliphatic hydroxyl groups is 1. The largest absolute Gasteiger partial charge is 0.384 e. The quantitative estimate of drug-likeness (QED) is 0.718. The molecule has 1 unspecified atom stereocenters. The molecular formula is C17H30N2O. The van der Waals surface area contributed by atoms with Crippen LogP contribution in [0.25, 0.3) is 0 Å². The van der Waals surface area contributed by atoms with E-state index in [0.29, 0.717) is 18.6 Å². The lowest BCUT2D eigenvalue weighted by molar-refractivity contribution is 0.0555. The fraction of sp³-hybridized carbons (Fsp3) is 0.647. The monoisotopic (exact) mass is 278 g/mol. The molecule has 0 aromatic heterocycles. The standard InChI is InChI=1S/C17H30N2O/c1-14(2)19(15(3)4)12-11-18-13-17(5,20)16-9-7-6-8-10-16/h6-10,14-15,18,20H,11-13H2,1-5H3. The highest BCUT2D eigenvalue weighted by atomic mass is 16.3. The average molecular weight is 278 g/mol. The van der Waals surface area contributed by atoms with E-state index in [4.69, 9.17) is 0 Å². The summed E-state index contributed by atoms with van der Waals surface area (Å²) in [6.07, 6.45) is 0. The van der Waals surface area contributed by atoms with Crippen LogP contribution in [0.15, 0.2) is 30.3 Å². The van der Waals surface area contributed by atoms with Crippen molar-refractivity contribution in [2.75, 3.05) is 19.6 Å². The SMILES string of the molecule is CC(C)N(CCNCC(C)(O)c1ccccc1)C(C)C. The van der Waals surface area contributed by atoms with E-state index in [1.807, 2.05) is 37.3 Å². The second-order valence-corrected chi connectivity index (χ2v) is 6.24. The van der Waals surface area contributed by atoms with Crippen molar-refractivity contribution in [2.45, 2.75) is 52.3 Å². The number of nitrogens with zero attached hydrogens (tertiary/aromatic N) is 1. The summed E-state index contributed by atoms with van der Waals surface area (Å²) in [4.78, 5) is 2.45. The Kier molecular flexibility index (Phi) is 6.66. The van der Waals surface area contributed by atoms with Crippen molar-refractivity contribution >= 4 is 0 Å². The lowest BCUT2D eigenvalue weighted by Gasteiger charge is -2.31. The van der Waals surface area contributed by atoms with Crippen LogP contribution in [0.1, 0.15) is 40.2 Å². The summed E-state index contributed by atoms with van der Waals surface area (Å²) in [5.74, 6) is 0. The minimum atomic E-state index is -0.818. The molecule has 20 heavy (non-hydrogen) atoms. The molecule has 1 rings (SSSR count). The second kappa shape index (κ2) is 7.77. The van der Waals surface area contributed by atoms with E-state index in [-0.39, 0.29) is 0 Å². The van der Waals surface area contributed by atoms with Gasteiger partial charge in [0.05, 0.1) is 5.60 Å². The molecule has 0 bridgehead atoms. The van der Waals surface area contributed by atoms with Crippen molar-refractivity contribution in [1.29, 1.82) is 0 Å². The van der Waals surface area contributed by atoms with Crippen molar-refractivity contribution < 1.29 is 5.11 Å². The average Bonchev–Trinajstić information content (AvgIpc) is 2.38. The molecule has 0 aliphatic heterocycles. The summed E-state index contributed by atoms with van der Waals surface area (Å²) < 4.78 is 0. The summed E-state index contributed by atoms with van der Waals surface area (Å²) in [6, 6.07) is 10.9. The zero-order valence-corrected chi connectivity index (χ0v) is 13.6. The van der Waals surface area contributed by atoms with E-state index < -0.39 is 5.60 Å². The van der Waals surface area contributed by atoms with Crippen molar-refractivity contribution in [1.82, 2.24) is 10.2 Å². The van der Waals surface area contributed by atoms with Crippen LogP contribution in [0.4, 0.5) is 0 Å². The van der Waals surface area contributed by atoms with Crippen molar-refractivity contribution in [2.24, 2.45) is 0 Å². The molecular weight excluding hydrogens is 248 g/mol. The Morgan fingerprint density at radius 3 is 2.15 bits per heavy atom. The molecule has 1 atom stereocenters. The first-order chi connectivity index (χ1) is 9.34. The van der Waals surface area contributed by atoms with Gasteiger partial charge < -0.3 is 10.4 Å². The molecule has 0 aliphatic rings. The van der Waals surface area contributed by atoms with Crippen LogP contribution in [-0.2, 0) is 5.60 Å². The maximum Gasteiger partial charge on any atom is 0.0992 e. The minimum absolute atomic E-state index is 0.548. The summed E-state index contributed by atoms with van der Waals surface area (Å²) in [5.41, 5.74) is 0.138. The molecule has 2 N–H and O–H groups in total. The Morgan fingerprint density at radius 2 is 1.65 bits per heavy atom. The third kappa shape index (κ3) is 5.23. The lowest BCUT2D eigenvalue weighted by Crippen LogP contribution is -2.43. The molecule has 3 heteroatoms. The van der Waals surface area contributed by atoms with Gasteiger partial charge in [-0.3, -0.25) is 4.90 Å². The highest BCUT2D eigenvalue weighted by molar-refractivity contribution is 5.21. The van der Waals surface area contributed by atoms with Crippen LogP contribution in [0.5, 0.6) is 0 Å². The first-order valence-corrected chi connectivity index (χ1v) is 7.59. The van der Waals surface area contributed by atoms with Crippen LogP contribution in [0, 0.1) is 0 Å². The van der Waals surface area contributed by atoms with Gasteiger partial charge in [0.25, 0.3) is 0 Å². The number of hydrogen-bond acceptors (Lipinski definition) is 3. The first kappa shape index (κ1) is 17.2. The van der Waals surface area contributed by atoms with E-state index in [1.54, 1.807) is 0 Å². The Labute approximate surface area is 124 Å².